The summed E-state index contributed by atoms with van der Waals surface area (Å²) in [6.45, 7) is 6.10. The van der Waals surface area contributed by atoms with E-state index in [0.29, 0.717) is 12.2 Å². The second-order valence-corrected chi connectivity index (χ2v) is 6.60. The number of ketones is 1. The lowest BCUT2D eigenvalue weighted by Gasteiger charge is -2.38. The van der Waals surface area contributed by atoms with Crippen molar-refractivity contribution in [2.45, 2.75) is 32.6 Å². The number of carbonyl (C=O) groups is 1. The molecule has 1 aliphatic rings. The van der Waals surface area contributed by atoms with Crippen LogP contribution in [0.15, 0.2) is 35.3 Å². The molecule has 1 fully saturated rings. The molecule has 0 saturated heterocycles. The van der Waals surface area contributed by atoms with Crippen molar-refractivity contribution in [3.8, 4) is 5.75 Å². The molecule has 0 aromatic heterocycles. The normalized spacial score (nSPS) is 26.4. The Kier molecular flexibility index (Phi) is 4.69. The molecule has 1 aromatic carbocycles. The van der Waals surface area contributed by atoms with E-state index in [1.54, 1.807) is 7.11 Å². The fraction of sp³-hybridized carbons (Fsp3) is 0.471. The summed E-state index contributed by atoms with van der Waals surface area (Å²) in [6, 6.07) is 5.93. The first-order valence-corrected chi connectivity index (χ1v) is 7.78. The molecule has 0 heterocycles. The summed E-state index contributed by atoms with van der Waals surface area (Å²) >= 11 is 3.58. The molecule has 1 aliphatic carbocycles. The summed E-state index contributed by atoms with van der Waals surface area (Å²) in [5, 5.41) is 0. The average molecular weight is 337 g/mol. The SMILES string of the molecule is C=C[C@@]1(C)CCCC(=O)[C@H]1Cc1ccc(OC)cc1Br. The third-order valence-corrected chi connectivity index (χ3v) is 5.21. The zero-order chi connectivity index (χ0) is 14.8. The van der Waals surface area contributed by atoms with Gasteiger partial charge in [0.15, 0.2) is 0 Å². The highest BCUT2D eigenvalue weighted by atomic mass is 79.9. The number of rotatable bonds is 4. The van der Waals surface area contributed by atoms with E-state index in [9.17, 15) is 4.79 Å². The summed E-state index contributed by atoms with van der Waals surface area (Å²) in [6.07, 6.45) is 5.43. The second-order valence-electron chi connectivity index (χ2n) is 5.74. The first kappa shape index (κ1) is 15.3. The predicted molar refractivity (Wildman–Crippen MR) is 85.1 cm³/mol. The standard InChI is InChI=1S/C17H21BrO2/c1-4-17(2)9-5-6-16(19)14(17)10-12-7-8-13(20-3)11-15(12)18/h4,7-8,11,14H,1,5-6,9-10H2,2-3H3/t14-,17+/m1/s1. The molecule has 2 nitrogen and oxygen atoms in total. The van der Waals surface area contributed by atoms with E-state index in [2.05, 4.69) is 29.4 Å². The van der Waals surface area contributed by atoms with E-state index in [1.165, 1.54) is 0 Å². The maximum absolute atomic E-state index is 12.3. The minimum atomic E-state index is -0.0886. The molecule has 0 bridgehead atoms. The van der Waals surface area contributed by atoms with E-state index in [1.807, 2.05) is 24.3 Å². The number of hydrogen-bond donors (Lipinski definition) is 0. The summed E-state index contributed by atoms with van der Waals surface area (Å²) in [7, 11) is 1.65. The largest absolute Gasteiger partial charge is 0.497 e. The zero-order valence-corrected chi connectivity index (χ0v) is 13.7. The molecule has 3 heteroatoms. The van der Waals surface area contributed by atoms with Gasteiger partial charge in [-0.3, -0.25) is 4.79 Å². The number of ether oxygens (including phenoxy) is 1. The molecule has 0 aliphatic heterocycles. The third-order valence-electron chi connectivity index (χ3n) is 4.47. The van der Waals surface area contributed by atoms with E-state index < -0.39 is 0 Å². The molecule has 108 valence electrons. The van der Waals surface area contributed by atoms with Gasteiger partial charge < -0.3 is 4.74 Å². The minimum absolute atomic E-state index is 0.0263. The first-order chi connectivity index (χ1) is 9.50. The van der Waals surface area contributed by atoms with Crippen LogP contribution in [0.5, 0.6) is 5.75 Å². The van der Waals surface area contributed by atoms with Crippen LogP contribution < -0.4 is 4.74 Å². The van der Waals surface area contributed by atoms with E-state index in [0.717, 1.165) is 35.0 Å². The highest BCUT2D eigenvalue weighted by Crippen LogP contribution is 2.42. The molecular weight excluding hydrogens is 316 g/mol. The lowest BCUT2D eigenvalue weighted by Crippen LogP contribution is -2.37. The van der Waals surface area contributed by atoms with E-state index in [-0.39, 0.29) is 11.3 Å². The highest BCUT2D eigenvalue weighted by molar-refractivity contribution is 9.10. The van der Waals surface area contributed by atoms with Crippen LogP contribution in [0.2, 0.25) is 0 Å². The Morgan fingerprint density at radius 2 is 2.30 bits per heavy atom. The Morgan fingerprint density at radius 1 is 1.55 bits per heavy atom. The number of halogens is 1. The van der Waals surface area contributed by atoms with Gasteiger partial charge in [0.1, 0.15) is 11.5 Å². The third kappa shape index (κ3) is 2.98. The van der Waals surface area contributed by atoms with Gasteiger partial charge in [0, 0.05) is 16.8 Å². The van der Waals surface area contributed by atoms with Crippen LogP contribution in [-0.2, 0) is 11.2 Å². The Hall–Kier alpha value is -1.09. The number of Topliss-reactive ketones (excluding diaryl/α,β-unsaturated/α-hetero) is 1. The highest BCUT2D eigenvalue weighted by Gasteiger charge is 2.39. The van der Waals surface area contributed by atoms with Crippen molar-refractivity contribution in [2.24, 2.45) is 11.3 Å². The zero-order valence-electron chi connectivity index (χ0n) is 12.1. The maximum Gasteiger partial charge on any atom is 0.137 e. The molecule has 0 amide bonds. The van der Waals surface area contributed by atoms with Gasteiger partial charge >= 0.3 is 0 Å². The van der Waals surface area contributed by atoms with Crippen molar-refractivity contribution in [1.82, 2.24) is 0 Å². The second kappa shape index (κ2) is 6.13. The van der Waals surface area contributed by atoms with Crippen molar-refractivity contribution in [3.63, 3.8) is 0 Å². The molecule has 0 radical (unpaired) electrons. The smallest absolute Gasteiger partial charge is 0.137 e. The lowest BCUT2D eigenvalue weighted by molar-refractivity contribution is -0.128. The summed E-state index contributed by atoms with van der Waals surface area (Å²) in [5.41, 5.74) is 1.06. The Bertz CT molecular complexity index is 524. The number of hydrogen-bond acceptors (Lipinski definition) is 2. The van der Waals surface area contributed by atoms with Gasteiger partial charge in [-0.2, -0.15) is 0 Å². The molecule has 1 saturated carbocycles. The van der Waals surface area contributed by atoms with Crippen LogP contribution >= 0.6 is 15.9 Å². The number of carbonyl (C=O) groups excluding carboxylic acids is 1. The molecule has 2 rings (SSSR count). The van der Waals surface area contributed by atoms with Crippen LogP contribution in [-0.4, -0.2) is 12.9 Å². The van der Waals surface area contributed by atoms with Gasteiger partial charge in [-0.1, -0.05) is 35.0 Å². The van der Waals surface area contributed by atoms with Crippen molar-refractivity contribution in [3.05, 3.63) is 40.9 Å². The fourth-order valence-corrected chi connectivity index (χ4v) is 3.51. The van der Waals surface area contributed by atoms with Gasteiger partial charge in [-0.05, 0) is 42.4 Å². The fourth-order valence-electron chi connectivity index (χ4n) is 2.99. The summed E-state index contributed by atoms with van der Waals surface area (Å²) in [5.74, 6) is 1.21. The lowest BCUT2D eigenvalue weighted by atomic mass is 9.65. The summed E-state index contributed by atoms with van der Waals surface area (Å²) < 4.78 is 6.21. The first-order valence-electron chi connectivity index (χ1n) is 6.99. The van der Waals surface area contributed by atoms with Crippen LogP contribution in [0.4, 0.5) is 0 Å². The van der Waals surface area contributed by atoms with Crippen LogP contribution in [0.1, 0.15) is 31.7 Å². The molecule has 0 N–H and O–H groups in total. The average Bonchev–Trinajstić information content (AvgIpc) is 2.44. The molecule has 20 heavy (non-hydrogen) atoms. The topological polar surface area (TPSA) is 26.3 Å². The van der Waals surface area contributed by atoms with Gasteiger partial charge in [0.2, 0.25) is 0 Å². The Morgan fingerprint density at radius 3 is 2.90 bits per heavy atom. The molecule has 1 aromatic rings. The van der Waals surface area contributed by atoms with E-state index in [4.69, 9.17) is 4.74 Å². The molecule has 2 atom stereocenters. The number of methoxy groups -OCH3 is 1. The van der Waals surface area contributed by atoms with Crippen LogP contribution in [0, 0.1) is 11.3 Å². The van der Waals surface area contributed by atoms with Gasteiger partial charge in [0.25, 0.3) is 0 Å². The maximum atomic E-state index is 12.3. The van der Waals surface area contributed by atoms with Crippen molar-refractivity contribution >= 4 is 21.7 Å². The molecule has 0 spiro atoms. The van der Waals surface area contributed by atoms with E-state index >= 15 is 0 Å². The minimum Gasteiger partial charge on any atom is -0.497 e. The number of allylic oxidation sites excluding steroid dienone is 1. The van der Waals surface area contributed by atoms with Gasteiger partial charge in [-0.15, -0.1) is 6.58 Å². The Balaban J connectivity index is 2.26. The monoisotopic (exact) mass is 336 g/mol. The molecular formula is C17H21BrO2. The van der Waals surface area contributed by atoms with Gasteiger partial charge in [0.05, 0.1) is 7.11 Å². The molecule has 0 unspecified atom stereocenters. The quantitative estimate of drug-likeness (QED) is 0.753. The van der Waals surface area contributed by atoms with Crippen LogP contribution in [0.25, 0.3) is 0 Å². The van der Waals surface area contributed by atoms with Crippen molar-refractivity contribution in [1.29, 1.82) is 0 Å². The van der Waals surface area contributed by atoms with Crippen molar-refractivity contribution in [2.75, 3.05) is 7.11 Å². The van der Waals surface area contributed by atoms with Crippen molar-refractivity contribution < 1.29 is 9.53 Å². The summed E-state index contributed by atoms with van der Waals surface area (Å²) in [4.78, 5) is 12.3. The number of benzene rings is 1. The van der Waals surface area contributed by atoms with Gasteiger partial charge in [-0.25, -0.2) is 0 Å². The Labute approximate surface area is 129 Å². The van der Waals surface area contributed by atoms with Crippen LogP contribution in [0.3, 0.4) is 0 Å². The predicted octanol–water partition coefficient (Wildman–Crippen LogP) is 4.56.